The number of carbonyl (C=O) groups excluding carboxylic acids is 1. The van der Waals surface area contributed by atoms with E-state index in [0.29, 0.717) is 12.2 Å². The smallest absolute Gasteiger partial charge is 0.308 e. The lowest BCUT2D eigenvalue weighted by Crippen LogP contribution is -2.32. The van der Waals surface area contributed by atoms with E-state index in [0.717, 1.165) is 0 Å². The molecule has 16 heavy (non-hydrogen) atoms. The zero-order chi connectivity index (χ0) is 12.1. The van der Waals surface area contributed by atoms with Gasteiger partial charge in [0.25, 0.3) is 5.91 Å². The van der Waals surface area contributed by atoms with Gasteiger partial charge in [-0.25, -0.2) is 4.98 Å². The molecule has 0 saturated heterocycles. The fourth-order valence-corrected chi connectivity index (χ4v) is 1.12. The van der Waals surface area contributed by atoms with Crippen LogP contribution in [0.4, 0.5) is 0 Å². The van der Waals surface area contributed by atoms with Crippen molar-refractivity contribution in [3.05, 3.63) is 17.8 Å². The molecule has 0 aliphatic rings. The van der Waals surface area contributed by atoms with E-state index in [2.05, 4.69) is 10.3 Å². The van der Waals surface area contributed by atoms with Crippen LogP contribution in [-0.2, 0) is 11.2 Å². The van der Waals surface area contributed by atoms with Crippen molar-refractivity contribution in [3.63, 3.8) is 0 Å². The van der Waals surface area contributed by atoms with Crippen molar-refractivity contribution in [3.8, 4) is 0 Å². The number of carboxylic acid groups (broad SMARTS) is 1. The Morgan fingerprint density at radius 3 is 2.88 bits per heavy atom. The average molecular weight is 226 g/mol. The van der Waals surface area contributed by atoms with E-state index in [9.17, 15) is 9.59 Å². The number of nitrogens with zero attached hydrogens (tertiary/aromatic N) is 1. The Bertz CT molecular complexity index is 386. The van der Waals surface area contributed by atoms with Gasteiger partial charge in [0.15, 0.2) is 12.1 Å². The number of oxazole rings is 1. The summed E-state index contributed by atoms with van der Waals surface area (Å²) in [4.78, 5) is 25.9. The molecule has 6 heteroatoms. The van der Waals surface area contributed by atoms with Crippen LogP contribution in [0.1, 0.15) is 30.1 Å². The molecular formula is C10H14N2O4. The Hall–Kier alpha value is -1.85. The molecule has 6 nitrogen and oxygen atoms in total. The number of carbonyl (C=O) groups is 2. The van der Waals surface area contributed by atoms with Gasteiger partial charge in [-0.3, -0.25) is 9.59 Å². The maximum Gasteiger partial charge on any atom is 0.308 e. The first-order valence-corrected chi connectivity index (χ1v) is 4.99. The van der Waals surface area contributed by atoms with Crippen LogP contribution in [0.5, 0.6) is 0 Å². The summed E-state index contributed by atoms with van der Waals surface area (Å²) >= 11 is 0. The first-order valence-electron chi connectivity index (χ1n) is 4.99. The molecule has 0 spiro atoms. The molecule has 1 heterocycles. The predicted octanol–water partition coefficient (Wildman–Crippen LogP) is 0.688. The third kappa shape index (κ3) is 2.82. The molecule has 1 aromatic heterocycles. The Morgan fingerprint density at radius 2 is 2.31 bits per heavy atom. The quantitative estimate of drug-likeness (QED) is 0.770. The van der Waals surface area contributed by atoms with E-state index in [1.54, 1.807) is 0 Å². The number of hydrogen-bond acceptors (Lipinski definition) is 4. The van der Waals surface area contributed by atoms with Gasteiger partial charge in [0, 0.05) is 13.0 Å². The summed E-state index contributed by atoms with van der Waals surface area (Å²) in [5.74, 6) is -1.48. The molecule has 1 rings (SSSR count). The van der Waals surface area contributed by atoms with Crippen LogP contribution >= 0.6 is 0 Å². The van der Waals surface area contributed by atoms with Crippen LogP contribution in [-0.4, -0.2) is 28.5 Å². The SMILES string of the molecule is CCc1ocnc1C(=O)NCC(C)C(=O)O. The maximum atomic E-state index is 11.6. The minimum Gasteiger partial charge on any atom is -0.481 e. The molecule has 1 unspecified atom stereocenters. The molecule has 1 atom stereocenters. The number of hydrogen-bond donors (Lipinski definition) is 2. The van der Waals surface area contributed by atoms with E-state index in [-0.39, 0.29) is 12.2 Å². The molecular weight excluding hydrogens is 212 g/mol. The first kappa shape index (κ1) is 12.2. The number of rotatable bonds is 5. The number of aromatic nitrogens is 1. The van der Waals surface area contributed by atoms with Gasteiger partial charge in [0.05, 0.1) is 5.92 Å². The Morgan fingerprint density at radius 1 is 1.62 bits per heavy atom. The summed E-state index contributed by atoms with van der Waals surface area (Å²) in [7, 11) is 0. The van der Waals surface area contributed by atoms with Crippen LogP contribution in [0.3, 0.4) is 0 Å². The van der Waals surface area contributed by atoms with Crippen LogP contribution in [0.2, 0.25) is 0 Å². The average Bonchev–Trinajstić information content (AvgIpc) is 2.73. The summed E-state index contributed by atoms with van der Waals surface area (Å²) in [6, 6.07) is 0. The van der Waals surface area contributed by atoms with Gasteiger partial charge in [0.2, 0.25) is 0 Å². The Labute approximate surface area is 92.7 Å². The molecule has 88 valence electrons. The van der Waals surface area contributed by atoms with Crippen molar-refractivity contribution in [2.45, 2.75) is 20.3 Å². The molecule has 0 fully saturated rings. The van der Waals surface area contributed by atoms with Gasteiger partial charge in [0.1, 0.15) is 5.76 Å². The minimum absolute atomic E-state index is 0.0736. The highest BCUT2D eigenvalue weighted by Gasteiger charge is 2.17. The lowest BCUT2D eigenvalue weighted by atomic mass is 10.2. The molecule has 0 saturated carbocycles. The second kappa shape index (κ2) is 5.29. The highest BCUT2D eigenvalue weighted by molar-refractivity contribution is 5.93. The molecule has 0 aromatic carbocycles. The summed E-state index contributed by atoms with van der Waals surface area (Å²) in [6.45, 7) is 3.44. The fourth-order valence-electron chi connectivity index (χ4n) is 1.12. The topological polar surface area (TPSA) is 92.4 Å². The van der Waals surface area contributed by atoms with Crippen molar-refractivity contribution >= 4 is 11.9 Å². The van der Waals surface area contributed by atoms with Gasteiger partial charge in [-0.1, -0.05) is 13.8 Å². The van der Waals surface area contributed by atoms with Crippen molar-refractivity contribution in [2.24, 2.45) is 5.92 Å². The molecule has 0 aliphatic heterocycles. The summed E-state index contributed by atoms with van der Waals surface area (Å²) in [5.41, 5.74) is 0.222. The monoisotopic (exact) mass is 226 g/mol. The van der Waals surface area contributed by atoms with Crippen LogP contribution in [0, 0.1) is 5.92 Å². The summed E-state index contributed by atoms with van der Waals surface area (Å²) in [5, 5.41) is 11.1. The van der Waals surface area contributed by atoms with Crippen LogP contribution < -0.4 is 5.32 Å². The lowest BCUT2D eigenvalue weighted by Gasteiger charge is -2.07. The van der Waals surface area contributed by atoms with E-state index in [1.807, 2.05) is 6.92 Å². The van der Waals surface area contributed by atoms with E-state index >= 15 is 0 Å². The summed E-state index contributed by atoms with van der Waals surface area (Å²) in [6.07, 6.45) is 1.77. The number of aryl methyl sites for hydroxylation is 1. The number of amides is 1. The highest BCUT2D eigenvalue weighted by Crippen LogP contribution is 2.07. The van der Waals surface area contributed by atoms with Crippen LogP contribution in [0.25, 0.3) is 0 Å². The standard InChI is InChI=1S/C10H14N2O4/c1-3-7-8(12-5-16-7)9(13)11-4-6(2)10(14)15/h5-6H,3-4H2,1-2H3,(H,11,13)(H,14,15). The third-order valence-electron chi connectivity index (χ3n) is 2.17. The van der Waals surface area contributed by atoms with Crippen molar-refractivity contribution in [2.75, 3.05) is 6.54 Å². The summed E-state index contributed by atoms with van der Waals surface area (Å²) < 4.78 is 5.00. The van der Waals surface area contributed by atoms with Crippen molar-refractivity contribution < 1.29 is 19.1 Å². The van der Waals surface area contributed by atoms with Gasteiger partial charge in [-0.15, -0.1) is 0 Å². The van der Waals surface area contributed by atoms with Crippen molar-refractivity contribution in [1.29, 1.82) is 0 Å². The zero-order valence-electron chi connectivity index (χ0n) is 9.19. The maximum absolute atomic E-state index is 11.6. The van der Waals surface area contributed by atoms with Gasteiger partial charge >= 0.3 is 5.97 Å². The van der Waals surface area contributed by atoms with E-state index in [1.165, 1.54) is 13.3 Å². The highest BCUT2D eigenvalue weighted by atomic mass is 16.4. The first-order chi connectivity index (χ1) is 7.56. The second-order valence-electron chi connectivity index (χ2n) is 3.43. The van der Waals surface area contributed by atoms with Crippen LogP contribution in [0.15, 0.2) is 10.8 Å². The molecule has 2 N–H and O–H groups in total. The number of carboxylic acids is 1. The van der Waals surface area contributed by atoms with Gasteiger partial charge < -0.3 is 14.8 Å². The second-order valence-corrected chi connectivity index (χ2v) is 3.43. The zero-order valence-corrected chi connectivity index (χ0v) is 9.19. The lowest BCUT2D eigenvalue weighted by molar-refractivity contribution is -0.140. The van der Waals surface area contributed by atoms with Gasteiger partial charge in [-0.05, 0) is 0 Å². The van der Waals surface area contributed by atoms with E-state index < -0.39 is 17.8 Å². The molecule has 1 aromatic rings. The normalized spacial score (nSPS) is 12.1. The van der Waals surface area contributed by atoms with Crippen molar-refractivity contribution in [1.82, 2.24) is 10.3 Å². The Balaban J connectivity index is 2.56. The number of aliphatic carboxylic acids is 1. The van der Waals surface area contributed by atoms with E-state index in [4.69, 9.17) is 9.52 Å². The van der Waals surface area contributed by atoms with Gasteiger partial charge in [-0.2, -0.15) is 0 Å². The molecule has 0 aliphatic carbocycles. The number of nitrogens with one attached hydrogen (secondary N) is 1. The fraction of sp³-hybridized carbons (Fsp3) is 0.500. The minimum atomic E-state index is -0.948. The molecule has 1 amide bonds. The Kier molecular flexibility index (Phi) is 4.04. The predicted molar refractivity (Wildman–Crippen MR) is 55.0 cm³/mol. The third-order valence-corrected chi connectivity index (χ3v) is 2.17. The molecule has 0 bridgehead atoms. The largest absolute Gasteiger partial charge is 0.481 e. The molecule has 0 radical (unpaired) electrons.